The van der Waals surface area contributed by atoms with Crippen LogP contribution in [-0.2, 0) is 0 Å². The number of β-amino-alcohol motifs (C(OH)–C–C–N with tert-alkyl or cyclic N) is 1. The molecule has 0 amide bonds. The number of benzene rings is 1. The molecule has 0 unspecified atom stereocenters. The highest BCUT2D eigenvalue weighted by molar-refractivity contribution is 6.35. The van der Waals surface area contributed by atoms with E-state index in [2.05, 4.69) is 20.2 Å². The lowest BCUT2D eigenvalue weighted by Gasteiger charge is -2.33. The quantitative estimate of drug-likeness (QED) is 0.637. The van der Waals surface area contributed by atoms with Crippen LogP contribution < -0.4 is 10.2 Å². The van der Waals surface area contributed by atoms with Crippen LogP contribution in [0, 0.1) is 12.7 Å². The van der Waals surface area contributed by atoms with E-state index in [9.17, 15) is 9.50 Å². The first-order chi connectivity index (χ1) is 12.5. The number of aliphatic hydroxyl groups excluding tert-OH is 1. The van der Waals surface area contributed by atoms with Crippen LogP contribution in [0.4, 0.5) is 21.6 Å². The minimum absolute atomic E-state index is 0.295. The topological polar surface area (TPSA) is 64.2 Å². The molecule has 1 aliphatic heterocycles. The zero-order valence-corrected chi connectivity index (χ0v) is 15.1. The van der Waals surface area contributed by atoms with Gasteiger partial charge in [0.1, 0.15) is 11.6 Å². The van der Waals surface area contributed by atoms with Gasteiger partial charge in [0, 0.05) is 42.4 Å². The molecular formula is C19H20ClFN4O. The second kappa shape index (κ2) is 6.78. The highest BCUT2D eigenvalue weighted by Gasteiger charge is 2.20. The van der Waals surface area contributed by atoms with Crippen molar-refractivity contribution in [2.24, 2.45) is 0 Å². The maximum absolute atomic E-state index is 13.7. The van der Waals surface area contributed by atoms with Crippen molar-refractivity contribution in [3.8, 4) is 0 Å². The molecule has 3 N–H and O–H groups in total. The number of anilines is 3. The second-order valence-corrected chi connectivity index (χ2v) is 7.10. The van der Waals surface area contributed by atoms with Gasteiger partial charge in [0.15, 0.2) is 0 Å². The number of nitrogens with zero attached hydrogens (tertiary/aromatic N) is 2. The van der Waals surface area contributed by atoms with Gasteiger partial charge in [0.05, 0.1) is 22.0 Å². The van der Waals surface area contributed by atoms with Gasteiger partial charge < -0.3 is 20.3 Å². The standard InChI is InChI=1S/C19H20ClFN4O/c1-11-17(25-6-2-3-13(26)10-25)4-5-22-19(11)24-12-7-14(20)18-15(21)9-23-16(18)8-12/h4-5,7-9,13,23,26H,2-3,6,10H2,1H3,(H,22,24)/t13-/m0/s1. The van der Waals surface area contributed by atoms with Gasteiger partial charge in [-0.05, 0) is 38.0 Å². The van der Waals surface area contributed by atoms with Crippen LogP contribution in [-0.4, -0.2) is 34.3 Å². The van der Waals surface area contributed by atoms with Crippen molar-refractivity contribution < 1.29 is 9.50 Å². The molecule has 5 nitrogen and oxygen atoms in total. The fraction of sp³-hybridized carbons (Fsp3) is 0.316. The molecule has 1 atom stereocenters. The van der Waals surface area contributed by atoms with E-state index >= 15 is 0 Å². The van der Waals surface area contributed by atoms with Crippen LogP contribution >= 0.6 is 11.6 Å². The van der Waals surface area contributed by atoms with Gasteiger partial charge in [-0.3, -0.25) is 0 Å². The molecule has 2 aromatic heterocycles. The summed E-state index contributed by atoms with van der Waals surface area (Å²) in [7, 11) is 0. The first-order valence-corrected chi connectivity index (χ1v) is 9.02. The number of aliphatic hydroxyl groups is 1. The zero-order valence-electron chi connectivity index (χ0n) is 14.4. The van der Waals surface area contributed by atoms with Gasteiger partial charge in [0.2, 0.25) is 0 Å². The van der Waals surface area contributed by atoms with Gasteiger partial charge in [-0.15, -0.1) is 0 Å². The number of aromatic nitrogens is 2. The molecule has 1 saturated heterocycles. The average Bonchev–Trinajstić information content (AvgIpc) is 2.98. The molecule has 136 valence electrons. The molecule has 4 rings (SSSR count). The van der Waals surface area contributed by atoms with Gasteiger partial charge in [-0.25, -0.2) is 9.37 Å². The van der Waals surface area contributed by atoms with E-state index < -0.39 is 0 Å². The lowest BCUT2D eigenvalue weighted by Crippen LogP contribution is -2.38. The molecule has 1 aromatic carbocycles. The van der Waals surface area contributed by atoms with Crippen LogP contribution in [0.25, 0.3) is 10.9 Å². The predicted octanol–water partition coefficient (Wildman–Crippen LogP) is 4.37. The monoisotopic (exact) mass is 374 g/mol. The van der Waals surface area contributed by atoms with Gasteiger partial charge in [-0.1, -0.05) is 11.6 Å². The molecule has 0 saturated carbocycles. The highest BCUT2D eigenvalue weighted by atomic mass is 35.5. The largest absolute Gasteiger partial charge is 0.391 e. The SMILES string of the molecule is Cc1c(N2CCC[C@H](O)C2)ccnc1Nc1cc(Cl)c2c(F)c[nH]c2c1. The Balaban J connectivity index is 1.65. The van der Waals surface area contributed by atoms with Crippen molar-refractivity contribution in [3.63, 3.8) is 0 Å². The molecule has 0 bridgehead atoms. The van der Waals surface area contributed by atoms with Gasteiger partial charge in [-0.2, -0.15) is 0 Å². The summed E-state index contributed by atoms with van der Waals surface area (Å²) in [6, 6.07) is 5.47. The second-order valence-electron chi connectivity index (χ2n) is 6.69. The highest BCUT2D eigenvalue weighted by Crippen LogP contribution is 2.33. The Morgan fingerprint density at radius 3 is 3.08 bits per heavy atom. The van der Waals surface area contributed by atoms with E-state index in [1.54, 1.807) is 12.3 Å². The number of hydrogen-bond donors (Lipinski definition) is 3. The summed E-state index contributed by atoms with van der Waals surface area (Å²) >= 11 is 6.23. The first-order valence-electron chi connectivity index (χ1n) is 8.64. The number of H-pyrrole nitrogens is 1. The molecule has 0 spiro atoms. The molecule has 26 heavy (non-hydrogen) atoms. The number of aromatic amines is 1. The molecule has 1 aliphatic rings. The number of nitrogens with one attached hydrogen (secondary N) is 2. The molecule has 7 heteroatoms. The Bertz CT molecular complexity index is 958. The fourth-order valence-electron chi connectivity index (χ4n) is 3.55. The van der Waals surface area contributed by atoms with Crippen LogP contribution in [0.15, 0.2) is 30.6 Å². The van der Waals surface area contributed by atoms with Crippen molar-refractivity contribution in [2.75, 3.05) is 23.3 Å². The van der Waals surface area contributed by atoms with Crippen LogP contribution in [0.5, 0.6) is 0 Å². The number of hydrogen-bond acceptors (Lipinski definition) is 4. The molecule has 0 radical (unpaired) electrons. The minimum atomic E-state index is -0.364. The van der Waals surface area contributed by atoms with E-state index in [1.165, 1.54) is 6.20 Å². The van der Waals surface area contributed by atoms with Crippen molar-refractivity contribution in [1.82, 2.24) is 9.97 Å². The molecular weight excluding hydrogens is 355 g/mol. The third kappa shape index (κ3) is 3.10. The summed E-state index contributed by atoms with van der Waals surface area (Å²) in [5.41, 5.74) is 3.41. The maximum atomic E-state index is 13.7. The summed E-state index contributed by atoms with van der Waals surface area (Å²) in [5.74, 6) is 0.349. The normalized spacial score (nSPS) is 17.7. The van der Waals surface area contributed by atoms with E-state index in [4.69, 9.17) is 11.6 Å². The maximum Gasteiger partial charge on any atom is 0.149 e. The third-order valence-electron chi connectivity index (χ3n) is 4.86. The summed E-state index contributed by atoms with van der Waals surface area (Å²) in [6.45, 7) is 3.55. The number of pyridine rings is 1. The minimum Gasteiger partial charge on any atom is -0.391 e. The van der Waals surface area contributed by atoms with Crippen molar-refractivity contribution in [2.45, 2.75) is 25.9 Å². The molecule has 3 aromatic rings. The Morgan fingerprint density at radius 1 is 1.42 bits per heavy atom. The van der Waals surface area contributed by atoms with E-state index in [0.717, 1.165) is 36.3 Å². The summed E-state index contributed by atoms with van der Waals surface area (Å²) in [5, 5.41) is 14.0. The van der Waals surface area contributed by atoms with Gasteiger partial charge >= 0.3 is 0 Å². The Hall–Kier alpha value is -2.31. The van der Waals surface area contributed by atoms with Crippen molar-refractivity contribution in [3.05, 3.63) is 47.0 Å². The summed E-state index contributed by atoms with van der Waals surface area (Å²) in [4.78, 5) is 9.50. The molecule has 3 heterocycles. The Labute approximate surface area is 155 Å². The van der Waals surface area contributed by atoms with Crippen LogP contribution in [0.2, 0.25) is 5.02 Å². The summed E-state index contributed by atoms with van der Waals surface area (Å²) in [6.07, 6.45) is 4.57. The third-order valence-corrected chi connectivity index (χ3v) is 5.16. The van der Waals surface area contributed by atoms with Crippen LogP contribution in [0.1, 0.15) is 18.4 Å². The van der Waals surface area contributed by atoms with E-state index in [0.29, 0.717) is 28.3 Å². The van der Waals surface area contributed by atoms with Gasteiger partial charge in [0.25, 0.3) is 0 Å². The average molecular weight is 375 g/mol. The van der Waals surface area contributed by atoms with Crippen molar-refractivity contribution in [1.29, 1.82) is 0 Å². The number of fused-ring (bicyclic) bond motifs is 1. The Kier molecular flexibility index (Phi) is 4.46. The van der Waals surface area contributed by atoms with E-state index in [-0.39, 0.29) is 11.9 Å². The smallest absolute Gasteiger partial charge is 0.149 e. The van der Waals surface area contributed by atoms with Crippen LogP contribution in [0.3, 0.4) is 0 Å². The fourth-order valence-corrected chi connectivity index (χ4v) is 3.86. The number of halogens is 2. The zero-order chi connectivity index (χ0) is 18.3. The lowest BCUT2D eigenvalue weighted by molar-refractivity contribution is 0.154. The summed E-state index contributed by atoms with van der Waals surface area (Å²) < 4.78 is 13.7. The molecule has 0 aliphatic carbocycles. The van der Waals surface area contributed by atoms with E-state index in [1.807, 2.05) is 19.1 Å². The predicted molar refractivity (Wildman–Crippen MR) is 103 cm³/mol. The number of rotatable bonds is 3. The molecule has 1 fully saturated rings. The lowest BCUT2D eigenvalue weighted by atomic mass is 10.1. The number of piperidine rings is 1. The Morgan fingerprint density at radius 2 is 2.27 bits per heavy atom. The van der Waals surface area contributed by atoms with Crippen molar-refractivity contribution >= 4 is 39.7 Å². The first kappa shape index (κ1) is 17.1.